The second kappa shape index (κ2) is 57.1. The average Bonchev–Trinajstić information content (AvgIpc) is 0.789. The van der Waals surface area contributed by atoms with Crippen LogP contribution in [0.2, 0.25) is 30.1 Å². The number of amides is 5. The molecule has 0 aliphatic carbocycles. The summed E-state index contributed by atoms with van der Waals surface area (Å²) >= 11 is 38.5. The van der Waals surface area contributed by atoms with Crippen molar-refractivity contribution in [1.82, 2.24) is 39.6 Å². The standard InChI is InChI=1S/C55H72Cl4N4O14S2.C24H33Cl2N3O5S.C12H12N2O10/c1-3-63-36-47(45-31-41(57)33-51(59)49(45)37-63)39-9-5-11-43(29-39)79(70,71)61-14-18-75-22-26-77-25-21-74-17-13-60-55(67)54(66)53(65)52(64)12-6-15-72-19-23-76-24-20-73-16-7-27-78(68,69)42-10-4-8-38(28-42)46-34-62(2)35-48-44(46)30-40(56)32-50(48)58;1-29-16-22(21-14-19(25)15-24(26)23(21)17-29)18-3-2-4-20(13-18)35(30,31)28-6-8-33-10-12-34-11-9-32-7-5-27;15-5-1-2-6(16)13(5)23-11(21)9(19)10(20)12(22)24-14-7(17)3-4-8(14)18/h4-5,8-11,28-33,46-47,53-54,61,65-66H,3,6-7,12-27,34-37H2,1-2H3,(H,60,67);2-4,13-15,22,28H,5-12,16-17,27H2,1H3;9-10,19-20H,1-4H2. The van der Waals surface area contributed by atoms with Crippen molar-refractivity contribution in [3.8, 4) is 0 Å². The molecule has 9 N–H and O–H groups in total. The molecule has 0 bridgehead atoms. The number of Topliss-reactive ketones (excluding diaryl/α,β-unsaturated/α-hetero) is 1. The summed E-state index contributed by atoms with van der Waals surface area (Å²) in [5, 5.41) is 45.6. The third-order valence-electron chi connectivity index (χ3n) is 22.2. The lowest BCUT2D eigenvalue weighted by molar-refractivity contribution is -0.216. The number of sulfonamides is 2. The van der Waals surface area contributed by atoms with Crippen LogP contribution in [0.3, 0.4) is 0 Å². The van der Waals surface area contributed by atoms with Gasteiger partial charge in [-0.2, -0.15) is 0 Å². The van der Waals surface area contributed by atoms with Crippen LogP contribution in [0, 0.1) is 0 Å². The Bertz CT molecular complexity index is 5390. The number of hydroxylamine groups is 4. The molecule has 0 aromatic heterocycles. The van der Waals surface area contributed by atoms with Crippen molar-refractivity contribution in [3.63, 3.8) is 0 Å². The number of hydrogen-bond acceptors (Lipinski definition) is 33. The third kappa shape index (κ3) is 34.9. The smallest absolute Gasteiger partial charge is 0.364 e. The Hall–Kier alpha value is -7.49. The maximum atomic E-state index is 13.3. The molecule has 5 aliphatic heterocycles. The number of ketones is 1. The number of sulfone groups is 1. The van der Waals surface area contributed by atoms with E-state index in [0.717, 1.165) is 63.2 Å². The van der Waals surface area contributed by atoms with Crippen molar-refractivity contribution in [3.05, 3.63) is 189 Å². The largest absolute Gasteiger partial charge is 0.382 e. The maximum Gasteiger partial charge on any atom is 0.364 e. The number of ether oxygens (including phenoxy) is 9. The number of nitrogens with two attached hydrogens (primary N) is 1. The molecule has 6 aromatic rings. The Labute approximate surface area is 831 Å². The molecule has 2 saturated heterocycles. The van der Waals surface area contributed by atoms with Gasteiger partial charge in [0.05, 0.1) is 126 Å². The van der Waals surface area contributed by atoms with Crippen molar-refractivity contribution < 1.29 is 136 Å². The number of likely N-dealkylation sites (N-methyl/N-ethyl adjacent to an activating group) is 3. The lowest BCUT2D eigenvalue weighted by Crippen LogP contribution is -2.47. The first-order valence-electron chi connectivity index (χ1n) is 44.5. The molecule has 138 heavy (non-hydrogen) atoms. The van der Waals surface area contributed by atoms with Crippen molar-refractivity contribution in [2.45, 2.75) is 128 Å². The maximum absolute atomic E-state index is 13.3. The summed E-state index contributed by atoms with van der Waals surface area (Å²) in [6.45, 7) is 12.8. The third-order valence-corrected chi connectivity index (χ3v) is 28.6. The quantitative estimate of drug-likeness (QED) is 0.0159. The van der Waals surface area contributed by atoms with Gasteiger partial charge in [-0.1, -0.05) is 113 Å². The monoisotopic (exact) mass is 2110 g/mol. The van der Waals surface area contributed by atoms with E-state index < -0.39 is 102 Å². The lowest BCUT2D eigenvalue weighted by Gasteiger charge is -2.35. The molecular weight excluding hydrogens is 1990 g/mol. The van der Waals surface area contributed by atoms with Crippen molar-refractivity contribution >= 4 is 147 Å². The van der Waals surface area contributed by atoms with E-state index in [4.69, 9.17) is 118 Å². The Morgan fingerprint density at radius 1 is 0.420 bits per heavy atom. The Morgan fingerprint density at radius 2 is 0.761 bits per heavy atom. The number of carbonyl (C=O) groups excluding carboxylic acids is 8. The van der Waals surface area contributed by atoms with E-state index in [9.17, 15) is 84.0 Å². The number of fused-ring (bicyclic) bond motifs is 3. The van der Waals surface area contributed by atoms with Crippen LogP contribution in [0.1, 0.15) is 120 Å². The van der Waals surface area contributed by atoms with Crippen LogP contribution in [-0.2, 0) is 140 Å². The van der Waals surface area contributed by atoms with E-state index in [1.165, 1.54) is 0 Å². The van der Waals surface area contributed by atoms with Gasteiger partial charge in [0, 0.05) is 159 Å². The number of nitrogens with one attached hydrogen (secondary N) is 3. The summed E-state index contributed by atoms with van der Waals surface area (Å²) in [5.41, 5.74) is 14.0. The van der Waals surface area contributed by atoms with E-state index in [2.05, 4.69) is 46.1 Å². The SMILES string of the molecule is CCN1Cc2c(Cl)cc(Cl)cc2C(c2cccc(S(=O)(=O)NCCOCCOCCOCCNC(=O)C(O)C(O)C(=O)CCCOCCOCCOCCCS(=O)(=O)c3cccc(C4CN(C)Cc5c(Cl)cc(Cl)cc54)c3)c2)C1.CN1Cc2c(Cl)cc(Cl)cc2C(c2cccc(S(=O)(=O)NCCOCCOCCOCCN)c2)C1.O=C(ON1C(=O)CCC1=O)C(O)C(O)C(=O)ON1C(=O)CCC1=O. The van der Waals surface area contributed by atoms with E-state index >= 15 is 0 Å². The number of halogens is 6. The molecule has 2 fully saturated rings. The summed E-state index contributed by atoms with van der Waals surface area (Å²) in [6.07, 6.45) is -9.20. The minimum absolute atomic E-state index is 0.0153. The molecule has 5 amide bonds. The molecule has 47 heteroatoms. The molecule has 11 rings (SSSR count). The fourth-order valence-electron chi connectivity index (χ4n) is 15.1. The van der Waals surface area contributed by atoms with Gasteiger partial charge >= 0.3 is 11.9 Å². The fourth-order valence-corrected chi connectivity index (χ4v) is 20.3. The van der Waals surface area contributed by atoms with Crippen molar-refractivity contribution in [1.29, 1.82) is 0 Å². The van der Waals surface area contributed by atoms with E-state index in [1.807, 2.05) is 50.5 Å². The van der Waals surface area contributed by atoms with E-state index in [-0.39, 0.29) is 192 Å². The first-order chi connectivity index (χ1) is 65.9. The predicted molar refractivity (Wildman–Crippen MR) is 507 cm³/mol. The van der Waals surface area contributed by atoms with Crippen molar-refractivity contribution in [2.75, 3.05) is 191 Å². The van der Waals surface area contributed by atoms with Crippen LogP contribution < -0.4 is 20.5 Å². The minimum Gasteiger partial charge on any atom is -0.382 e. The van der Waals surface area contributed by atoms with Crippen LogP contribution in [0.4, 0.5) is 0 Å². The minimum atomic E-state index is -3.82. The van der Waals surface area contributed by atoms with Gasteiger partial charge in [-0.05, 0) is 156 Å². The number of aliphatic hydroxyl groups excluding tert-OH is 4. The zero-order chi connectivity index (χ0) is 100. The molecule has 0 spiro atoms. The number of imide groups is 2. The average molecular weight is 2110 g/mol. The molecule has 7 unspecified atom stereocenters. The van der Waals surface area contributed by atoms with Gasteiger partial charge in [0.15, 0.2) is 33.9 Å². The number of hydrogen-bond donors (Lipinski definition) is 8. The van der Waals surface area contributed by atoms with Gasteiger partial charge in [0.25, 0.3) is 29.5 Å². The first kappa shape index (κ1) is 114. The Kier molecular flexibility index (Phi) is 47.2. The Balaban J connectivity index is 0.000000292. The molecule has 6 aromatic carbocycles. The van der Waals surface area contributed by atoms with Crippen molar-refractivity contribution in [2.24, 2.45) is 5.73 Å². The molecule has 760 valence electrons. The van der Waals surface area contributed by atoms with Crippen LogP contribution in [0.25, 0.3) is 0 Å². The van der Waals surface area contributed by atoms with Gasteiger partial charge < -0.3 is 93.6 Å². The van der Waals surface area contributed by atoms with Crippen LogP contribution >= 0.6 is 69.6 Å². The van der Waals surface area contributed by atoms with Crippen LogP contribution in [0.5, 0.6) is 0 Å². The summed E-state index contributed by atoms with van der Waals surface area (Å²) in [4.78, 5) is 109. The first-order valence-corrected chi connectivity index (χ1v) is 51.4. The fraction of sp³-hybridized carbons (Fsp3) is 0.516. The number of rotatable bonds is 54. The van der Waals surface area contributed by atoms with Gasteiger partial charge in [-0.3, -0.25) is 33.7 Å². The summed E-state index contributed by atoms with van der Waals surface area (Å²) in [6, 6.07) is 31.9. The number of nitrogens with zero attached hydrogens (tertiary/aromatic N) is 5. The highest BCUT2D eigenvalue weighted by molar-refractivity contribution is 7.91. The molecule has 0 saturated carbocycles. The van der Waals surface area contributed by atoms with Gasteiger partial charge in [0.2, 0.25) is 20.0 Å². The number of aliphatic hydroxyl groups is 4. The summed E-state index contributed by atoms with van der Waals surface area (Å²) < 4.78 is 133. The Morgan fingerprint density at radius 3 is 1.15 bits per heavy atom. The summed E-state index contributed by atoms with van der Waals surface area (Å²) in [7, 11) is -7.06. The predicted octanol–water partition coefficient (Wildman–Crippen LogP) is 6.05. The van der Waals surface area contributed by atoms with E-state index in [1.54, 1.807) is 72.8 Å². The molecule has 38 nitrogen and oxygen atoms in total. The van der Waals surface area contributed by atoms with Gasteiger partial charge in [-0.15, -0.1) is 10.1 Å². The highest BCUT2D eigenvalue weighted by atomic mass is 35.5. The topological polar surface area (TPSA) is 500 Å². The zero-order valence-electron chi connectivity index (χ0n) is 76.4. The van der Waals surface area contributed by atoms with Gasteiger partial charge in [0.1, 0.15) is 6.10 Å². The van der Waals surface area contributed by atoms with E-state index in [0.29, 0.717) is 109 Å². The van der Waals surface area contributed by atoms with Crippen LogP contribution in [0.15, 0.2) is 124 Å². The second-order valence-electron chi connectivity index (χ2n) is 32.4. The molecule has 0 radical (unpaired) electrons. The number of carbonyl (C=O) groups is 8. The summed E-state index contributed by atoms with van der Waals surface area (Å²) in [5.74, 6) is -8.58. The van der Waals surface area contributed by atoms with Crippen LogP contribution in [-0.4, -0.2) is 333 Å². The van der Waals surface area contributed by atoms with Gasteiger partial charge in [-0.25, -0.2) is 44.3 Å². The molecule has 7 atom stereocenters. The lowest BCUT2D eigenvalue weighted by atomic mass is 9.84. The normalized spacial score (nSPS) is 17.3. The number of benzene rings is 6. The zero-order valence-corrected chi connectivity index (χ0v) is 83.4. The second-order valence-corrected chi connectivity index (χ2v) is 40.5. The molecule has 5 heterocycles. The highest BCUT2D eigenvalue weighted by Gasteiger charge is 2.43. The highest BCUT2D eigenvalue weighted by Crippen LogP contribution is 2.43. The molecule has 5 aliphatic rings. The molecular formula is C91H117Cl6N9O29S3.